The van der Waals surface area contributed by atoms with Crippen molar-refractivity contribution >= 4 is 11.5 Å². The lowest BCUT2D eigenvalue weighted by Crippen LogP contribution is -2.10. The molecule has 1 atom stereocenters. The number of carbonyl (C=O) groups excluding carboxylic acids is 1. The number of aliphatic hydroxyl groups excluding tert-OH is 1. The summed E-state index contributed by atoms with van der Waals surface area (Å²) in [5.41, 5.74) is 3.45. The lowest BCUT2D eigenvalue weighted by molar-refractivity contribution is 0.0988. The van der Waals surface area contributed by atoms with Crippen molar-refractivity contribution in [3.05, 3.63) is 65.2 Å². The molecule has 0 saturated carbocycles. The Kier molecular flexibility index (Phi) is 4.53. The second-order valence-electron chi connectivity index (χ2n) is 4.81. The van der Waals surface area contributed by atoms with Crippen molar-refractivity contribution < 1.29 is 9.90 Å². The zero-order valence-corrected chi connectivity index (χ0v) is 11.8. The van der Waals surface area contributed by atoms with Gasteiger partial charge in [-0.3, -0.25) is 4.79 Å². The van der Waals surface area contributed by atoms with Crippen LogP contribution in [0.2, 0.25) is 0 Å². The highest BCUT2D eigenvalue weighted by atomic mass is 16.3. The molecular weight excluding hydrogens is 250 g/mol. The van der Waals surface area contributed by atoms with Crippen molar-refractivity contribution in [3.8, 4) is 0 Å². The Bertz CT molecular complexity index is 573. The molecule has 3 heteroatoms. The first-order valence-electron chi connectivity index (χ1n) is 6.74. The molecule has 0 aliphatic carbocycles. The smallest absolute Gasteiger partial charge is 0.162 e. The highest BCUT2D eigenvalue weighted by Crippen LogP contribution is 2.18. The summed E-state index contributed by atoms with van der Waals surface area (Å²) in [6.07, 6.45) is -0.299. The van der Waals surface area contributed by atoms with E-state index in [0.717, 1.165) is 11.3 Å². The molecule has 2 rings (SSSR count). The third-order valence-electron chi connectivity index (χ3n) is 3.22. The van der Waals surface area contributed by atoms with Crippen LogP contribution < -0.4 is 5.32 Å². The average molecular weight is 269 g/mol. The Morgan fingerprint density at radius 3 is 2.25 bits per heavy atom. The van der Waals surface area contributed by atoms with Gasteiger partial charge in [-0.05, 0) is 19.1 Å². The molecule has 0 heterocycles. The molecule has 1 unspecified atom stereocenters. The first kappa shape index (κ1) is 14.3. The van der Waals surface area contributed by atoms with Gasteiger partial charge in [-0.15, -0.1) is 0 Å². The van der Waals surface area contributed by atoms with Gasteiger partial charge in [0.05, 0.1) is 0 Å². The lowest BCUT2D eigenvalue weighted by atomic mass is 10.1. The second kappa shape index (κ2) is 6.35. The fourth-order valence-corrected chi connectivity index (χ4v) is 1.95. The van der Waals surface area contributed by atoms with Crippen LogP contribution in [-0.2, 0) is 0 Å². The lowest BCUT2D eigenvalue weighted by Gasteiger charge is -2.15. The fourth-order valence-electron chi connectivity index (χ4n) is 1.95. The summed E-state index contributed by atoms with van der Waals surface area (Å²) in [5.74, 6) is 0.109. The number of aryl methyl sites for hydroxylation is 1. The molecule has 0 aliphatic heterocycles. The van der Waals surface area contributed by atoms with Crippen LogP contribution in [0, 0.1) is 6.92 Å². The number of hydrogen-bond donors (Lipinski definition) is 2. The predicted octanol–water partition coefficient (Wildman–Crippen LogP) is 3.69. The van der Waals surface area contributed by atoms with E-state index in [1.165, 1.54) is 5.56 Å². The molecule has 20 heavy (non-hydrogen) atoms. The van der Waals surface area contributed by atoms with E-state index < -0.39 is 6.23 Å². The normalized spacial score (nSPS) is 11.9. The molecule has 104 valence electrons. The topological polar surface area (TPSA) is 49.3 Å². The minimum atomic E-state index is -0.788. The Morgan fingerprint density at radius 2 is 1.70 bits per heavy atom. The van der Waals surface area contributed by atoms with E-state index in [9.17, 15) is 9.90 Å². The van der Waals surface area contributed by atoms with Gasteiger partial charge in [0, 0.05) is 23.2 Å². The highest BCUT2D eigenvalue weighted by molar-refractivity contribution is 5.95. The Hall–Kier alpha value is -2.13. The third kappa shape index (κ3) is 3.45. The molecule has 0 aromatic heterocycles. The van der Waals surface area contributed by atoms with Gasteiger partial charge in [-0.2, -0.15) is 0 Å². The summed E-state index contributed by atoms with van der Waals surface area (Å²) >= 11 is 0. The Morgan fingerprint density at radius 1 is 1.10 bits per heavy atom. The maximum absolute atomic E-state index is 11.5. The summed E-state index contributed by atoms with van der Waals surface area (Å²) in [6, 6.07) is 14.9. The standard InChI is InChI=1S/C17H19NO2/c1-3-16(19)13-6-8-14(9-7-13)17(20)18-15-10-4-12(2)5-11-15/h4-11,17-18,20H,3H2,1-2H3. The van der Waals surface area contributed by atoms with Crippen molar-refractivity contribution in [2.45, 2.75) is 26.5 Å². The second-order valence-corrected chi connectivity index (χ2v) is 4.81. The molecule has 0 spiro atoms. The van der Waals surface area contributed by atoms with Crippen molar-refractivity contribution in [1.29, 1.82) is 0 Å². The van der Waals surface area contributed by atoms with E-state index in [0.29, 0.717) is 12.0 Å². The van der Waals surface area contributed by atoms with Crippen LogP contribution in [0.4, 0.5) is 5.69 Å². The summed E-state index contributed by atoms with van der Waals surface area (Å²) < 4.78 is 0. The minimum Gasteiger partial charge on any atom is -0.369 e. The largest absolute Gasteiger partial charge is 0.369 e. The number of anilines is 1. The minimum absolute atomic E-state index is 0.109. The molecule has 0 amide bonds. The molecule has 2 aromatic rings. The zero-order chi connectivity index (χ0) is 14.5. The molecule has 0 fully saturated rings. The number of ketones is 1. The zero-order valence-electron chi connectivity index (χ0n) is 11.8. The molecule has 0 saturated heterocycles. The number of Topliss-reactive ketones (excluding diaryl/α,β-unsaturated/α-hetero) is 1. The van der Waals surface area contributed by atoms with Gasteiger partial charge in [0.15, 0.2) is 12.0 Å². The van der Waals surface area contributed by atoms with Crippen LogP contribution in [0.5, 0.6) is 0 Å². The van der Waals surface area contributed by atoms with Gasteiger partial charge in [0.25, 0.3) is 0 Å². The van der Waals surface area contributed by atoms with E-state index in [-0.39, 0.29) is 5.78 Å². The predicted molar refractivity (Wildman–Crippen MR) is 80.8 cm³/mol. The van der Waals surface area contributed by atoms with E-state index in [4.69, 9.17) is 0 Å². The van der Waals surface area contributed by atoms with Gasteiger partial charge >= 0.3 is 0 Å². The Labute approximate surface area is 119 Å². The molecule has 3 nitrogen and oxygen atoms in total. The quantitative estimate of drug-likeness (QED) is 0.643. The SMILES string of the molecule is CCC(=O)c1ccc(C(O)Nc2ccc(C)cc2)cc1. The average Bonchev–Trinajstić information content (AvgIpc) is 2.49. The molecule has 2 N–H and O–H groups in total. The number of rotatable bonds is 5. The van der Waals surface area contributed by atoms with E-state index >= 15 is 0 Å². The van der Waals surface area contributed by atoms with E-state index in [2.05, 4.69) is 5.32 Å². The van der Waals surface area contributed by atoms with Gasteiger partial charge in [-0.1, -0.05) is 48.9 Å². The molecular formula is C17H19NO2. The maximum Gasteiger partial charge on any atom is 0.162 e. The van der Waals surface area contributed by atoms with Crippen molar-refractivity contribution in [1.82, 2.24) is 0 Å². The summed E-state index contributed by atoms with van der Waals surface area (Å²) in [5, 5.41) is 13.2. The van der Waals surface area contributed by atoms with Gasteiger partial charge in [-0.25, -0.2) is 0 Å². The van der Waals surface area contributed by atoms with Crippen molar-refractivity contribution in [2.75, 3.05) is 5.32 Å². The summed E-state index contributed by atoms with van der Waals surface area (Å²) in [7, 11) is 0. The summed E-state index contributed by atoms with van der Waals surface area (Å²) in [6.45, 7) is 3.85. The van der Waals surface area contributed by atoms with Crippen LogP contribution in [0.1, 0.15) is 41.1 Å². The molecule has 0 bridgehead atoms. The van der Waals surface area contributed by atoms with Crippen LogP contribution in [0.25, 0.3) is 0 Å². The first-order valence-corrected chi connectivity index (χ1v) is 6.74. The van der Waals surface area contributed by atoms with Crippen LogP contribution in [-0.4, -0.2) is 10.9 Å². The highest BCUT2D eigenvalue weighted by Gasteiger charge is 2.08. The van der Waals surface area contributed by atoms with Gasteiger partial charge < -0.3 is 10.4 Å². The van der Waals surface area contributed by atoms with Crippen LogP contribution in [0.15, 0.2) is 48.5 Å². The maximum atomic E-state index is 11.5. The number of aliphatic hydroxyl groups is 1. The number of benzene rings is 2. The molecule has 0 aliphatic rings. The first-order chi connectivity index (χ1) is 9.60. The van der Waals surface area contributed by atoms with Gasteiger partial charge in [0.2, 0.25) is 0 Å². The van der Waals surface area contributed by atoms with Crippen molar-refractivity contribution in [3.63, 3.8) is 0 Å². The van der Waals surface area contributed by atoms with E-state index in [1.54, 1.807) is 24.3 Å². The monoisotopic (exact) mass is 269 g/mol. The number of nitrogens with one attached hydrogen (secondary N) is 1. The van der Waals surface area contributed by atoms with E-state index in [1.807, 2.05) is 38.1 Å². The van der Waals surface area contributed by atoms with Crippen molar-refractivity contribution in [2.24, 2.45) is 0 Å². The Balaban J connectivity index is 2.07. The fraction of sp³-hybridized carbons (Fsp3) is 0.235. The third-order valence-corrected chi connectivity index (χ3v) is 3.22. The number of hydrogen-bond acceptors (Lipinski definition) is 3. The summed E-state index contributed by atoms with van der Waals surface area (Å²) in [4.78, 5) is 11.5. The number of carbonyl (C=O) groups is 1. The molecule has 2 aromatic carbocycles. The molecule has 0 radical (unpaired) electrons. The van der Waals surface area contributed by atoms with Gasteiger partial charge in [0.1, 0.15) is 0 Å². The van der Waals surface area contributed by atoms with Crippen LogP contribution >= 0.6 is 0 Å². The van der Waals surface area contributed by atoms with Crippen LogP contribution in [0.3, 0.4) is 0 Å².